The first kappa shape index (κ1) is 15.0. The Kier molecular flexibility index (Phi) is 5.31. The lowest BCUT2D eigenvalue weighted by molar-refractivity contribution is 0.0937. The number of carbonyl (C=O) groups excluding carboxylic acids is 1. The summed E-state index contributed by atoms with van der Waals surface area (Å²) in [6.07, 6.45) is 1.75. The molecule has 112 valence electrons. The van der Waals surface area contributed by atoms with Gasteiger partial charge in [0.25, 0.3) is 5.91 Å². The summed E-state index contributed by atoms with van der Waals surface area (Å²) in [6.45, 7) is 4.86. The van der Waals surface area contributed by atoms with Gasteiger partial charge in [0.15, 0.2) is 0 Å². The number of aromatic amines is 1. The molecule has 1 heterocycles. The van der Waals surface area contributed by atoms with Crippen molar-refractivity contribution < 1.29 is 9.53 Å². The zero-order chi connectivity index (χ0) is 15.1. The average molecular weight is 288 g/mol. The Morgan fingerprint density at radius 3 is 3.05 bits per heavy atom. The van der Waals surface area contributed by atoms with E-state index in [1.54, 1.807) is 0 Å². The first-order valence-corrected chi connectivity index (χ1v) is 7.08. The second-order valence-electron chi connectivity index (χ2n) is 4.78. The third kappa shape index (κ3) is 4.59. The van der Waals surface area contributed by atoms with Gasteiger partial charge in [0.2, 0.25) is 5.82 Å². The molecule has 2 rings (SSSR count). The number of hydrogen-bond acceptors (Lipinski definition) is 4. The van der Waals surface area contributed by atoms with Crippen molar-refractivity contribution in [1.29, 1.82) is 0 Å². The van der Waals surface area contributed by atoms with Gasteiger partial charge in [0, 0.05) is 6.42 Å². The molecular formula is C15H20N4O2. The minimum absolute atomic E-state index is 0.175. The van der Waals surface area contributed by atoms with E-state index in [0.717, 1.165) is 30.0 Å². The lowest BCUT2D eigenvalue weighted by Crippen LogP contribution is -2.29. The summed E-state index contributed by atoms with van der Waals surface area (Å²) in [5.41, 5.74) is 1.14. The first-order valence-electron chi connectivity index (χ1n) is 7.08. The third-order valence-corrected chi connectivity index (χ3v) is 2.87. The molecule has 1 amide bonds. The molecule has 0 aliphatic rings. The molecule has 0 saturated carbocycles. The molecule has 0 aliphatic heterocycles. The number of hydrogen-bond donors (Lipinski definition) is 2. The van der Waals surface area contributed by atoms with Crippen LogP contribution < -0.4 is 10.1 Å². The second-order valence-corrected chi connectivity index (χ2v) is 4.78. The highest BCUT2D eigenvalue weighted by Crippen LogP contribution is 2.11. The molecule has 2 aromatic rings. The van der Waals surface area contributed by atoms with Gasteiger partial charge in [-0.1, -0.05) is 19.1 Å². The fraction of sp³-hybridized carbons (Fsp3) is 0.400. The van der Waals surface area contributed by atoms with Gasteiger partial charge in [-0.25, -0.2) is 4.98 Å². The highest BCUT2D eigenvalue weighted by atomic mass is 16.5. The SMILES string of the molecule is CCCc1nc(C(=O)NCCOc2cccc(C)c2)n[nH]1. The number of carbonyl (C=O) groups is 1. The van der Waals surface area contributed by atoms with Crippen molar-refractivity contribution in [1.82, 2.24) is 20.5 Å². The van der Waals surface area contributed by atoms with Crippen LogP contribution in [-0.4, -0.2) is 34.2 Å². The van der Waals surface area contributed by atoms with E-state index in [0.29, 0.717) is 13.2 Å². The lowest BCUT2D eigenvalue weighted by atomic mass is 10.2. The Morgan fingerprint density at radius 2 is 2.29 bits per heavy atom. The smallest absolute Gasteiger partial charge is 0.291 e. The summed E-state index contributed by atoms with van der Waals surface area (Å²) in [5.74, 6) is 1.42. The van der Waals surface area contributed by atoms with E-state index in [1.807, 2.05) is 38.1 Å². The predicted octanol–water partition coefficient (Wildman–Crippen LogP) is 1.87. The van der Waals surface area contributed by atoms with Crippen molar-refractivity contribution in [2.45, 2.75) is 26.7 Å². The van der Waals surface area contributed by atoms with Crippen LogP contribution in [0.1, 0.15) is 35.4 Å². The summed E-state index contributed by atoms with van der Waals surface area (Å²) >= 11 is 0. The van der Waals surface area contributed by atoms with Gasteiger partial charge >= 0.3 is 0 Å². The van der Waals surface area contributed by atoms with Gasteiger partial charge in [0.1, 0.15) is 18.2 Å². The van der Waals surface area contributed by atoms with Crippen LogP contribution in [0.25, 0.3) is 0 Å². The average Bonchev–Trinajstić information content (AvgIpc) is 2.93. The molecule has 1 aromatic carbocycles. The second kappa shape index (κ2) is 7.42. The number of H-pyrrole nitrogens is 1. The first-order chi connectivity index (χ1) is 10.2. The zero-order valence-corrected chi connectivity index (χ0v) is 12.3. The molecule has 0 radical (unpaired) electrons. The highest BCUT2D eigenvalue weighted by molar-refractivity contribution is 5.90. The van der Waals surface area contributed by atoms with E-state index >= 15 is 0 Å². The molecule has 0 aliphatic carbocycles. The Bertz CT molecular complexity index is 595. The summed E-state index contributed by atoms with van der Waals surface area (Å²) in [4.78, 5) is 15.9. The van der Waals surface area contributed by atoms with Crippen molar-refractivity contribution >= 4 is 5.91 Å². The number of nitrogens with one attached hydrogen (secondary N) is 2. The zero-order valence-electron chi connectivity index (χ0n) is 12.3. The van der Waals surface area contributed by atoms with Crippen molar-refractivity contribution in [3.05, 3.63) is 41.5 Å². The largest absolute Gasteiger partial charge is 0.492 e. The molecule has 21 heavy (non-hydrogen) atoms. The van der Waals surface area contributed by atoms with Gasteiger partial charge in [-0.2, -0.15) is 0 Å². The van der Waals surface area contributed by atoms with E-state index in [2.05, 4.69) is 20.5 Å². The van der Waals surface area contributed by atoms with E-state index < -0.39 is 0 Å². The van der Waals surface area contributed by atoms with Crippen LogP contribution in [0.2, 0.25) is 0 Å². The number of rotatable bonds is 7. The number of benzene rings is 1. The minimum atomic E-state index is -0.290. The van der Waals surface area contributed by atoms with Crippen LogP contribution in [0, 0.1) is 6.92 Å². The van der Waals surface area contributed by atoms with Gasteiger partial charge in [-0.05, 0) is 31.0 Å². The maximum absolute atomic E-state index is 11.8. The number of nitrogens with zero attached hydrogens (tertiary/aromatic N) is 2. The van der Waals surface area contributed by atoms with Gasteiger partial charge in [-0.3, -0.25) is 9.89 Å². The monoisotopic (exact) mass is 288 g/mol. The van der Waals surface area contributed by atoms with E-state index in [-0.39, 0.29) is 11.7 Å². The molecule has 0 atom stereocenters. The van der Waals surface area contributed by atoms with Crippen LogP contribution in [0.4, 0.5) is 0 Å². The molecule has 0 saturated heterocycles. The maximum Gasteiger partial charge on any atom is 0.291 e. The van der Waals surface area contributed by atoms with Gasteiger partial charge in [-0.15, -0.1) is 5.10 Å². The summed E-state index contributed by atoms with van der Waals surface area (Å²) in [7, 11) is 0. The normalized spacial score (nSPS) is 10.4. The van der Waals surface area contributed by atoms with Gasteiger partial charge < -0.3 is 10.1 Å². The fourth-order valence-electron chi connectivity index (χ4n) is 1.86. The molecule has 2 N–H and O–H groups in total. The molecule has 1 aromatic heterocycles. The number of aryl methyl sites for hydroxylation is 2. The van der Waals surface area contributed by atoms with Crippen LogP contribution in [-0.2, 0) is 6.42 Å². The summed E-state index contributed by atoms with van der Waals surface area (Å²) < 4.78 is 5.55. The molecule has 0 unspecified atom stereocenters. The topological polar surface area (TPSA) is 79.9 Å². The fourth-order valence-corrected chi connectivity index (χ4v) is 1.86. The molecule has 6 heteroatoms. The Balaban J connectivity index is 1.73. The number of amides is 1. The minimum Gasteiger partial charge on any atom is -0.492 e. The van der Waals surface area contributed by atoms with Crippen molar-refractivity contribution in [2.24, 2.45) is 0 Å². The molecular weight excluding hydrogens is 268 g/mol. The number of aromatic nitrogens is 3. The van der Waals surface area contributed by atoms with Crippen LogP contribution in [0.5, 0.6) is 5.75 Å². The Labute approximate surface area is 123 Å². The lowest BCUT2D eigenvalue weighted by Gasteiger charge is -2.07. The highest BCUT2D eigenvalue weighted by Gasteiger charge is 2.11. The molecule has 0 fully saturated rings. The van der Waals surface area contributed by atoms with Crippen LogP contribution >= 0.6 is 0 Å². The third-order valence-electron chi connectivity index (χ3n) is 2.87. The van der Waals surface area contributed by atoms with E-state index in [9.17, 15) is 4.79 Å². The quantitative estimate of drug-likeness (QED) is 0.762. The van der Waals surface area contributed by atoms with Crippen molar-refractivity contribution in [3.8, 4) is 5.75 Å². The van der Waals surface area contributed by atoms with Crippen molar-refractivity contribution in [3.63, 3.8) is 0 Å². The van der Waals surface area contributed by atoms with Crippen LogP contribution in [0.3, 0.4) is 0 Å². The van der Waals surface area contributed by atoms with Crippen LogP contribution in [0.15, 0.2) is 24.3 Å². The Hall–Kier alpha value is -2.37. The van der Waals surface area contributed by atoms with E-state index in [1.165, 1.54) is 0 Å². The van der Waals surface area contributed by atoms with E-state index in [4.69, 9.17) is 4.74 Å². The number of ether oxygens (including phenoxy) is 1. The molecule has 6 nitrogen and oxygen atoms in total. The molecule has 0 bridgehead atoms. The summed E-state index contributed by atoms with van der Waals surface area (Å²) in [6, 6.07) is 7.78. The Morgan fingerprint density at radius 1 is 1.43 bits per heavy atom. The summed E-state index contributed by atoms with van der Waals surface area (Å²) in [5, 5.41) is 9.38. The molecule has 0 spiro atoms. The van der Waals surface area contributed by atoms with Gasteiger partial charge in [0.05, 0.1) is 6.54 Å². The standard InChI is InChI=1S/C15H20N4O2/c1-3-5-13-17-14(19-18-13)15(20)16-8-9-21-12-7-4-6-11(2)10-12/h4,6-7,10H,3,5,8-9H2,1-2H3,(H,16,20)(H,17,18,19). The predicted molar refractivity (Wildman–Crippen MR) is 79.4 cm³/mol. The maximum atomic E-state index is 11.8. The van der Waals surface area contributed by atoms with Crippen molar-refractivity contribution in [2.75, 3.05) is 13.2 Å².